The van der Waals surface area contributed by atoms with Crippen LogP contribution in [0.25, 0.3) is 0 Å². The molecule has 10 heteroatoms. The molecule has 4 aliphatic heterocycles. The van der Waals surface area contributed by atoms with Gasteiger partial charge in [-0.2, -0.15) is 5.06 Å². The summed E-state index contributed by atoms with van der Waals surface area (Å²) in [5.74, 6) is 0.257. The monoisotopic (exact) mass is 473 g/mol. The first kappa shape index (κ1) is 22.2. The standard InChI is InChI=1S/C23H31N5O4S/c1-14(29)32-28-18-13-23(2,3)26-21(30)20(18)33-22(28)27-10-11-31-19-12-16(4-5-17(19)27)25-15-6-8-24-9-7-15/h4-5,12,15,22,24-25H,6-11,13H2,1-3H3,(H,26,30). The zero-order valence-electron chi connectivity index (χ0n) is 19.3. The molecular formula is C23H31N5O4S. The highest BCUT2D eigenvalue weighted by atomic mass is 32.2. The first-order chi connectivity index (χ1) is 15.8. The van der Waals surface area contributed by atoms with Crippen LogP contribution in [-0.4, -0.2) is 60.3 Å². The third kappa shape index (κ3) is 4.46. The Kier molecular flexibility index (Phi) is 5.82. The molecule has 1 fully saturated rings. The number of amides is 1. The summed E-state index contributed by atoms with van der Waals surface area (Å²) in [6, 6.07) is 6.61. The fourth-order valence-corrected chi connectivity index (χ4v) is 6.10. The quantitative estimate of drug-likeness (QED) is 0.609. The number of anilines is 2. The van der Waals surface area contributed by atoms with Gasteiger partial charge in [0.15, 0.2) is 5.50 Å². The molecule has 0 aromatic heterocycles. The highest BCUT2D eigenvalue weighted by molar-refractivity contribution is 8.04. The van der Waals surface area contributed by atoms with Crippen LogP contribution >= 0.6 is 11.8 Å². The molecule has 1 aromatic rings. The zero-order chi connectivity index (χ0) is 23.2. The average molecular weight is 474 g/mol. The molecule has 4 heterocycles. The topological polar surface area (TPSA) is 95.2 Å². The maximum Gasteiger partial charge on any atom is 0.329 e. The van der Waals surface area contributed by atoms with Crippen LogP contribution in [-0.2, 0) is 14.4 Å². The van der Waals surface area contributed by atoms with Crippen LogP contribution in [0.3, 0.4) is 0 Å². The Morgan fingerprint density at radius 1 is 1.30 bits per heavy atom. The molecule has 5 rings (SSSR count). The van der Waals surface area contributed by atoms with Gasteiger partial charge in [-0.1, -0.05) is 11.8 Å². The van der Waals surface area contributed by atoms with Crippen molar-refractivity contribution in [2.45, 2.75) is 57.1 Å². The number of thioether (sulfide) groups is 1. The van der Waals surface area contributed by atoms with Gasteiger partial charge in [0.05, 0.1) is 22.8 Å². The van der Waals surface area contributed by atoms with Gasteiger partial charge in [0.2, 0.25) is 0 Å². The van der Waals surface area contributed by atoms with E-state index in [1.54, 1.807) is 5.06 Å². The maximum atomic E-state index is 12.8. The summed E-state index contributed by atoms with van der Waals surface area (Å²) in [4.78, 5) is 33.2. The number of hydrogen-bond acceptors (Lipinski definition) is 9. The Hall–Kier alpha value is -2.59. The van der Waals surface area contributed by atoms with Crippen LogP contribution in [0.15, 0.2) is 28.8 Å². The molecule has 9 nitrogen and oxygen atoms in total. The van der Waals surface area contributed by atoms with E-state index in [1.165, 1.54) is 18.7 Å². The SMILES string of the molecule is CC(=O)ON1C2=C(SC1N1CCOc3cc(NC4CCNCC4)ccc31)C(=O)NC(C)(C)C2. The summed E-state index contributed by atoms with van der Waals surface area (Å²) in [6.07, 6.45) is 2.77. The number of carbonyl (C=O) groups is 2. The van der Waals surface area contributed by atoms with Crippen molar-refractivity contribution in [3.8, 4) is 5.75 Å². The number of ether oxygens (including phenoxy) is 1. The number of carbonyl (C=O) groups excluding carboxylic acids is 2. The smallest absolute Gasteiger partial charge is 0.329 e. The molecule has 1 saturated heterocycles. The summed E-state index contributed by atoms with van der Waals surface area (Å²) in [7, 11) is 0. The van der Waals surface area contributed by atoms with Crippen molar-refractivity contribution in [3.05, 3.63) is 28.8 Å². The van der Waals surface area contributed by atoms with E-state index in [2.05, 4.69) is 26.9 Å². The lowest BCUT2D eigenvalue weighted by Crippen LogP contribution is -2.50. The largest absolute Gasteiger partial charge is 0.489 e. The Labute approximate surface area is 198 Å². The van der Waals surface area contributed by atoms with Crippen molar-refractivity contribution in [2.24, 2.45) is 0 Å². The van der Waals surface area contributed by atoms with Gasteiger partial charge in [0.1, 0.15) is 12.4 Å². The van der Waals surface area contributed by atoms with E-state index in [0.717, 1.165) is 48.8 Å². The number of hydroxylamine groups is 2. The molecule has 1 unspecified atom stereocenters. The van der Waals surface area contributed by atoms with Crippen molar-refractivity contribution < 1.29 is 19.2 Å². The van der Waals surface area contributed by atoms with Gasteiger partial charge in [-0.05, 0) is 51.9 Å². The first-order valence-corrected chi connectivity index (χ1v) is 12.4. The van der Waals surface area contributed by atoms with Gasteiger partial charge >= 0.3 is 5.97 Å². The molecule has 178 valence electrons. The Morgan fingerprint density at radius 3 is 2.85 bits per heavy atom. The molecular weight excluding hydrogens is 442 g/mol. The summed E-state index contributed by atoms with van der Waals surface area (Å²) in [5.41, 5.74) is 1.93. The normalized spacial score (nSPS) is 24.6. The highest BCUT2D eigenvalue weighted by Crippen LogP contribution is 2.48. The van der Waals surface area contributed by atoms with Gasteiger partial charge in [-0.15, -0.1) is 0 Å². The van der Waals surface area contributed by atoms with Crippen molar-refractivity contribution in [3.63, 3.8) is 0 Å². The second-order valence-corrected chi connectivity index (χ2v) is 10.6. The lowest BCUT2D eigenvalue weighted by atomic mass is 9.94. The predicted molar refractivity (Wildman–Crippen MR) is 128 cm³/mol. The maximum absolute atomic E-state index is 12.8. The number of piperidine rings is 1. The summed E-state index contributed by atoms with van der Waals surface area (Å²) in [6.45, 7) is 8.52. The van der Waals surface area contributed by atoms with E-state index in [4.69, 9.17) is 9.57 Å². The fourth-order valence-electron chi connectivity index (χ4n) is 4.82. The molecule has 4 aliphatic rings. The van der Waals surface area contributed by atoms with Crippen LogP contribution in [0.5, 0.6) is 5.75 Å². The van der Waals surface area contributed by atoms with Crippen molar-refractivity contribution >= 4 is 35.0 Å². The molecule has 3 N–H and O–H groups in total. The van der Waals surface area contributed by atoms with E-state index in [1.807, 2.05) is 26.0 Å². The van der Waals surface area contributed by atoms with E-state index in [9.17, 15) is 9.59 Å². The lowest BCUT2D eigenvalue weighted by molar-refractivity contribution is -0.182. The number of rotatable bonds is 4. The number of nitrogens with zero attached hydrogens (tertiary/aromatic N) is 2. The van der Waals surface area contributed by atoms with Crippen LogP contribution in [0.4, 0.5) is 11.4 Å². The molecule has 1 amide bonds. The summed E-state index contributed by atoms with van der Waals surface area (Å²) in [5, 5.41) is 11.7. The fraction of sp³-hybridized carbons (Fsp3) is 0.565. The molecule has 1 atom stereocenters. The molecule has 0 aliphatic carbocycles. The number of benzene rings is 1. The lowest BCUT2D eigenvalue weighted by Gasteiger charge is -2.40. The molecule has 0 saturated carbocycles. The molecule has 0 bridgehead atoms. The number of nitrogens with one attached hydrogen (secondary N) is 3. The average Bonchev–Trinajstić information content (AvgIpc) is 3.10. The van der Waals surface area contributed by atoms with Gasteiger partial charge in [-0.25, -0.2) is 0 Å². The van der Waals surface area contributed by atoms with Gasteiger partial charge in [0, 0.05) is 36.7 Å². The number of fused-ring (bicyclic) bond motifs is 1. The minimum absolute atomic E-state index is 0.124. The van der Waals surface area contributed by atoms with Crippen LogP contribution in [0, 0.1) is 0 Å². The third-order valence-corrected chi connectivity index (χ3v) is 7.60. The van der Waals surface area contributed by atoms with E-state index >= 15 is 0 Å². The van der Waals surface area contributed by atoms with Gasteiger partial charge < -0.3 is 30.4 Å². The second-order valence-electron chi connectivity index (χ2n) is 9.54. The Morgan fingerprint density at radius 2 is 2.09 bits per heavy atom. The van der Waals surface area contributed by atoms with Crippen molar-refractivity contribution in [1.29, 1.82) is 0 Å². The summed E-state index contributed by atoms with van der Waals surface area (Å²) < 4.78 is 6.01. The molecule has 0 spiro atoms. The minimum atomic E-state index is -0.415. The van der Waals surface area contributed by atoms with Crippen LogP contribution in [0.2, 0.25) is 0 Å². The Bertz CT molecular complexity index is 991. The predicted octanol–water partition coefficient (Wildman–Crippen LogP) is 2.37. The highest BCUT2D eigenvalue weighted by Gasteiger charge is 2.47. The summed E-state index contributed by atoms with van der Waals surface area (Å²) >= 11 is 1.42. The van der Waals surface area contributed by atoms with E-state index < -0.39 is 11.5 Å². The zero-order valence-corrected chi connectivity index (χ0v) is 20.1. The van der Waals surface area contributed by atoms with Crippen LogP contribution in [0.1, 0.15) is 40.0 Å². The first-order valence-electron chi connectivity index (χ1n) is 11.5. The third-order valence-electron chi connectivity index (χ3n) is 6.28. The van der Waals surface area contributed by atoms with E-state index in [0.29, 0.717) is 30.5 Å². The number of hydrogen-bond donors (Lipinski definition) is 3. The van der Waals surface area contributed by atoms with E-state index in [-0.39, 0.29) is 11.4 Å². The van der Waals surface area contributed by atoms with Gasteiger partial charge in [-0.3, -0.25) is 9.59 Å². The second kappa shape index (κ2) is 8.64. The van der Waals surface area contributed by atoms with Crippen molar-refractivity contribution in [2.75, 3.05) is 36.5 Å². The molecule has 0 radical (unpaired) electrons. The molecule has 33 heavy (non-hydrogen) atoms. The Balaban J connectivity index is 1.41. The van der Waals surface area contributed by atoms with Gasteiger partial charge in [0.25, 0.3) is 5.91 Å². The van der Waals surface area contributed by atoms with Crippen molar-refractivity contribution in [1.82, 2.24) is 15.7 Å². The van der Waals surface area contributed by atoms with Crippen LogP contribution < -0.4 is 25.6 Å². The molecule has 1 aromatic carbocycles. The minimum Gasteiger partial charge on any atom is -0.489 e.